The second kappa shape index (κ2) is 4.47. The summed E-state index contributed by atoms with van der Waals surface area (Å²) in [7, 11) is 0. The fraction of sp³-hybridized carbons (Fsp3) is 0.462. The summed E-state index contributed by atoms with van der Waals surface area (Å²) in [5.74, 6) is 1.27. The summed E-state index contributed by atoms with van der Waals surface area (Å²) < 4.78 is 5.54. The second-order valence-electron chi connectivity index (χ2n) is 4.10. The van der Waals surface area contributed by atoms with Gasteiger partial charge in [0.25, 0.3) is 0 Å². The van der Waals surface area contributed by atoms with Gasteiger partial charge in [-0.2, -0.15) is 0 Å². The Morgan fingerprint density at radius 2 is 2.33 bits per heavy atom. The van der Waals surface area contributed by atoms with Crippen LogP contribution in [0.25, 0.3) is 0 Å². The number of benzene rings is 1. The van der Waals surface area contributed by atoms with Gasteiger partial charge in [0.15, 0.2) is 0 Å². The molecule has 0 radical (unpaired) electrons. The minimum atomic E-state index is 0.254. The molecule has 2 heteroatoms. The largest absolute Gasteiger partial charge is 0.493 e. The zero-order valence-electron chi connectivity index (χ0n) is 9.08. The van der Waals surface area contributed by atoms with Crippen LogP contribution in [0.1, 0.15) is 30.9 Å². The molecule has 0 amide bonds. The van der Waals surface area contributed by atoms with E-state index in [4.69, 9.17) is 4.74 Å². The first-order valence-electron chi connectivity index (χ1n) is 5.50. The van der Waals surface area contributed by atoms with E-state index in [-0.39, 0.29) is 5.78 Å². The number of hydrogen-bond acceptors (Lipinski definition) is 2. The molecule has 0 N–H and O–H groups in total. The van der Waals surface area contributed by atoms with Gasteiger partial charge in [-0.05, 0) is 43.4 Å². The fourth-order valence-electron chi connectivity index (χ4n) is 1.89. The van der Waals surface area contributed by atoms with Crippen molar-refractivity contribution in [3.05, 3.63) is 29.3 Å². The van der Waals surface area contributed by atoms with E-state index in [2.05, 4.69) is 12.1 Å². The zero-order valence-corrected chi connectivity index (χ0v) is 9.08. The van der Waals surface area contributed by atoms with Crippen LogP contribution in [-0.2, 0) is 17.6 Å². The molecule has 1 aromatic carbocycles. The highest BCUT2D eigenvalue weighted by Crippen LogP contribution is 2.25. The molecular formula is C13H16O2. The van der Waals surface area contributed by atoms with Crippen molar-refractivity contribution in [2.24, 2.45) is 0 Å². The van der Waals surface area contributed by atoms with Crippen LogP contribution in [-0.4, -0.2) is 12.4 Å². The highest BCUT2D eigenvalue weighted by Gasteiger charge is 2.10. The molecule has 0 aromatic heterocycles. The van der Waals surface area contributed by atoms with Crippen LogP contribution in [0.5, 0.6) is 5.75 Å². The van der Waals surface area contributed by atoms with Crippen LogP contribution in [0.3, 0.4) is 0 Å². The monoisotopic (exact) mass is 204 g/mol. The third-order valence-electron chi connectivity index (χ3n) is 2.74. The Balaban J connectivity index is 2.10. The average Bonchev–Trinajstić information content (AvgIpc) is 2.26. The second-order valence-corrected chi connectivity index (χ2v) is 4.10. The van der Waals surface area contributed by atoms with Crippen molar-refractivity contribution in [3.8, 4) is 5.75 Å². The molecule has 2 nitrogen and oxygen atoms in total. The molecule has 1 aromatic rings. The Morgan fingerprint density at radius 1 is 1.47 bits per heavy atom. The SMILES string of the molecule is CC(=O)CCc1ccc2c(c1)CCCO2. The number of carbonyl (C=O) groups is 1. The minimum Gasteiger partial charge on any atom is -0.493 e. The smallest absolute Gasteiger partial charge is 0.130 e. The molecule has 0 saturated carbocycles. The van der Waals surface area contributed by atoms with Gasteiger partial charge < -0.3 is 9.53 Å². The molecule has 80 valence electrons. The molecule has 0 bridgehead atoms. The molecule has 0 aliphatic carbocycles. The Kier molecular flexibility index (Phi) is 3.05. The Hall–Kier alpha value is -1.31. The van der Waals surface area contributed by atoms with Crippen LogP contribution < -0.4 is 4.74 Å². The van der Waals surface area contributed by atoms with E-state index in [1.54, 1.807) is 6.92 Å². The summed E-state index contributed by atoms with van der Waals surface area (Å²) in [4.78, 5) is 10.9. The molecule has 2 rings (SSSR count). The number of ether oxygens (including phenoxy) is 1. The molecule has 0 fully saturated rings. The number of ketones is 1. The fourth-order valence-corrected chi connectivity index (χ4v) is 1.89. The molecule has 1 heterocycles. The van der Waals surface area contributed by atoms with Crippen molar-refractivity contribution in [2.45, 2.75) is 32.6 Å². The predicted molar refractivity (Wildman–Crippen MR) is 59.3 cm³/mol. The van der Waals surface area contributed by atoms with Crippen LogP contribution >= 0.6 is 0 Å². The first kappa shape index (κ1) is 10.2. The lowest BCUT2D eigenvalue weighted by molar-refractivity contribution is -0.116. The molecule has 0 saturated heterocycles. The Bertz CT molecular complexity index is 369. The first-order chi connectivity index (χ1) is 7.25. The topological polar surface area (TPSA) is 26.3 Å². The summed E-state index contributed by atoms with van der Waals surface area (Å²) in [6.07, 6.45) is 3.69. The lowest BCUT2D eigenvalue weighted by Crippen LogP contribution is -2.08. The predicted octanol–water partition coefficient (Wildman–Crippen LogP) is 2.53. The standard InChI is InChI=1S/C13H16O2/c1-10(14)4-5-11-6-7-13-12(9-11)3-2-8-15-13/h6-7,9H,2-5,8H2,1H3. The third-order valence-corrected chi connectivity index (χ3v) is 2.74. The van der Waals surface area contributed by atoms with Gasteiger partial charge in [0.2, 0.25) is 0 Å². The van der Waals surface area contributed by atoms with Gasteiger partial charge in [0.1, 0.15) is 11.5 Å². The molecule has 1 aliphatic heterocycles. The van der Waals surface area contributed by atoms with Crippen molar-refractivity contribution < 1.29 is 9.53 Å². The quantitative estimate of drug-likeness (QED) is 0.756. The molecule has 1 aliphatic rings. The number of rotatable bonds is 3. The van der Waals surface area contributed by atoms with E-state index in [1.165, 1.54) is 11.1 Å². The maximum atomic E-state index is 10.9. The highest BCUT2D eigenvalue weighted by molar-refractivity contribution is 5.75. The van der Waals surface area contributed by atoms with Gasteiger partial charge in [0, 0.05) is 6.42 Å². The molecular weight excluding hydrogens is 188 g/mol. The van der Waals surface area contributed by atoms with Crippen LogP contribution in [0.4, 0.5) is 0 Å². The van der Waals surface area contributed by atoms with Crippen LogP contribution in [0.2, 0.25) is 0 Å². The van der Waals surface area contributed by atoms with Crippen molar-refractivity contribution in [3.63, 3.8) is 0 Å². The number of carbonyl (C=O) groups excluding carboxylic acids is 1. The normalized spacial score (nSPS) is 14.2. The average molecular weight is 204 g/mol. The van der Waals surface area contributed by atoms with E-state index in [9.17, 15) is 4.79 Å². The number of hydrogen-bond donors (Lipinski definition) is 0. The van der Waals surface area contributed by atoms with E-state index >= 15 is 0 Å². The van der Waals surface area contributed by atoms with Gasteiger partial charge >= 0.3 is 0 Å². The minimum absolute atomic E-state index is 0.254. The number of fused-ring (bicyclic) bond motifs is 1. The van der Waals surface area contributed by atoms with Gasteiger partial charge in [-0.1, -0.05) is 12.1 Å². The van der Waals surface area contributed by atoms with Crippen molar-refractivity contribution in [1.29, 1.82) is 0 Å². The summed E-state index contributed by atoms with van der Waals surface area (Å²) >= 11 is 0. The number of Topliss-reactive ketones (excluding diaryl/α,β-unsaturated/α-hetero) is 1. The van der Waals surface area contributed by atoms with Gasteiger partial charge in [-0.3, -0.25) is 0 Å². The first-order valence-corrected chi connectivity index (χ1v) is 5.50. The van der Waals surface area contributed by atoms with Crippen molar-refractivity contribution in [1.82, 2.24) is 0 Å². The van der Waals surface area contributed by atoms with Crippen LogP contribution in [0, 0.1) is 0 Å². The lowest BCUT2D eigenvalue weighted by Gasteiger charge is -2.17. The summed E-state index contributed by atoms with van der Waals surface area (Å²) in [6.45, 7) is 2.47. The third kappa shape index (κ3) is 2.58. The van der Waals surface area contributed by atoms with Crippen molar-refractivity contribution in [2.75, 3.05) is 6.61 Å². The molecule has 15 heavy (non-hydrogen) atoms. The molecule has 0 unspecified atom stereocenters. The summed E-state index contributed by atoms with van der Waals surface area (Å²) in [5.41, 5.74) is 2.54. The summed E-state index contributed by atoms with van der Waals surface area (Å²) in [5, 5.41) is 0. The van der Waals surface area contributed by atoms with Gasteiger partial charge in [0.05, 0.1) is 6.61 Å². The molecule has 0 spiro atoms. The van der Waals surface area contributed by atoms with Crippen molar-refractivity contribution >= 4 is 5.78 Å². The van der Waals surface area contributed by atoms with E-state index in [0.29, 0.717) is 6.42 Å². The van der Waals surface area contributed by atoms with Gasteiger partial charge in [-0.15, -0.1) is 0 Å². The highest BCUT2D eigenvalue weighted by atomic mass is 16.5. The summed E-state index contributed by atoms with van der Waals surface area (Å²) in [6, 6.07) is 6.27. The molecule has 0 atom stereocenters. The van der Waals surface area contributed by atoms with E-state index < -0.39 is 0 Å². The Labute approximate surface area is 90.3 Å². The maximum Gasteiger partial charge on any atom is 0.130 e. The maximum absolute atomic E-state index is 10.9. The van der Waals surface area contributed by atoms with Gasteiger partial charge in [-0.25, -0.2) is 0 Å². The van der Waals surface area contributed by atoms with E-state index in [1.807, 2.05) is 6.07 Å². The Morgan fingerprint density at radius 3 is 3.13 bits per heavy atom. The van der Waals surface area contributed by atoms with Crippen LogP contribution in [0.15, 0.2) is 18.2 Å². The van der Waals surface area contributed by atoms with E-state index in [0.717, 1.165) is 31.6 Å². The lowest BCUT2D eigenvalue weighted by atomic mass is 10.0. The zero-order chi connectivity index (χ0) is 10.7. The number of aryl methyl sites for hydroxylation is 2.